The van der Waals surface area contributed by atoms with Crippen LogP contribution in [0.1, 0.15) is 24.6 Å². The average Bonchev–Trinajstić information content (AvgIpc) is 2.50. The van der Waals surface area contributed by atoms with Gasteiger partial charge in [-0.05, 0) is 18.6 Å². The number of nitrogens with one attached hydrogen (secondary N) is 1. The zero-order valence-electron chi connectivity index (χ0n) is 12.6. The van der Waals surface area contributed by atoms with Gasteiger partial charge in [0, 0.05) is 39.3 Å². The van der Waals surface area contributed by atoms with Gasteiger partial charge in [0.25, 0.3) is 0 Å². The molecule has 1 unspecified atom stereocenters. The van der Waals surface area contributed by atoms with Crippen molar-refractivity contribution in [1.82, 2.24) is 4.98 Å². The van der Waals surface area contributed by atoms with Crippen LogP contribution in [0.15, 0.2) is 35.3 Å². The Morgan fingerprint density at radius 3 is 2.78 bits per heavy atom. The molecule has 2 aromatic rings. The summed E-state index contributed by atoms with van der Waals surface area (Å²) in [6.07, 6.45) is 2.26. The van der Waals surface area contributed by atoms with Gasteiger partial charge in [-0.2, -0.15) is 0 Å². The lowest BCUT2D eigenvalue weighted by Gasteiger charge is -2.07. The van der Waals surface area contributed by atoms with E-state index in [2.05, 4.69) is 4.98 Å². The van der Waals surface area contributed by atoms with Gasteiger partial charge >= 0.3 is 0 Å². The molecule has 0 aliphatic heterocycles. The fourth-order valence-electron chi connectivity index (χ4n) is 1.96. The number of hydrogen-bond acceptors (Lipinski definition) is 3. The third-order valence-electron chi connectivity index (χ3n) is 3.08. The van der Waals surface area contributed by atoms with Crippen molar-refractivity contribution in [3.05, 3.63) is 62.8 Å². The van der Waals surface area contributed by atoms with Gasteiger partial charge in [-0.15, -0.1) is 0 Å². The lowest BCUT2D eigenvalue weighted by atomic mass is 10.2. The van der Waals surface area contributed by atoms with E-state index in [1.807, 2.05) is 6.92 Å². The molecular weight excluding hydrogens is 341 g/mol. The first kappa shape index (κ1) is 17.7. The smallest absolute Gasteiger partial charge is 0.223 e. The number of aromatic nitrogens is 1. The molecule has 124 valence electrons. The summed E-state index contributed by atoms with van der Waals surface area (Å²) in [4.78, 5) is 14.8. The van der Waals surface area contributed by atoms with Gasteiger partial charge < -0.3 is 9.72 Å². The Labute approximate surface area is 141 Å². The molecule has 0 fully saturated rings. The fraction of sp³-hybridized carbons (Fsp3) is 0.312. The molecule has 1 heterocycles. The molecule has 0 amide bonds. The van der Waals surface area contributed by atoms with Crippen LogP contribution in [-0.4, -0.2) is 15.8 Å². The summed E-state index contributed by atoms with van der Waals surface area (Å²) in [5, 5.41) is 0.246. The molecule has 1 N–H and O–H groups in total. The molecule has 0 radical (unpaired) electrons. The van der Waals surface area contributed by atoms with E-state index < -0.39 is 16.6 Å². The van der Waals surface area contributed by atoms with E-state index in [9.17, 15) is 13.4 Å². The highest BCUT2D eigenvalue weighted by Gasteiger charge is 2.12. The minimum Gasteiger partial charge on any atom is -0.488 e. The molecule has 0 aliphatic carbocycles. The monoisotopic (exact) mass is 357 g/mol. The maximum Gasteiger partial charge on any atom is 0.223 e. The Hall–Kier alpha value is -1.66. The van der Waals surface area contributed by atoms with Crippen molar-refractivity contribution in [2.75, 3.05) is 6.61 Å². The molecule has 23 heavy (non-hydrogen) atoms. The Morgan fingerprint density at radius 2 is 2.13 bits per heavy atom. The van der Waals surface area contributed by atoms with E-state index in [0.717, 1.165) is 6.42 Å². The number of rotatable bonds is 7. The van der Waals surface area contributed by atoms with Gasteiger partial charge in [-0.1, -0.05) is 24.6 Å². The number of H-pyrrole nitrogens is 1. The van der Waals surface area contributed by atoms with Gasteiger partial charge in [0.2, 0.25) is 5.43 Å². The number of hydrogen-bond donors (Lipinski definition) is 1. The van der Waals surface area contributed by atoms with Crippen molar-refractivity contribution in [1.29, 1.82) is 0 Å². The largest absolute Gasteiger partial charge is 0.488 e. The molecule has 0 saturated heterocycles. The van der Waals surface area contributed by atoms with Crippen LogP contribution in [0, 0.1) is 5.82 Å². The summed E-state index contributed by atoms with van der Waals surface area (Å²) in [7, 11) is -1.40. The second-order valence-electron chi connectivity index (χ2n) is 4.96. The second-order valence-corrected chi connectivity index (χ2v) is 6.83. The van der Waals surface area contributed by atoms with Crippen molar-refractivity contribution in [3.8, 4) is 5.75 Å². The topological polar surface area (TPSA) is 59.2 Å². The molecular formula is C16H17ClFNO3S. The molecule has 0 aliphatic rings. The van der Waals surface area contributed by atoms with Crippen LogP contribution in [-0.2, 0) is 22.3 Å². The SMILES string of the molecule is CCCOc1c[nH]c(CS(=O)Cc2c(F)cccc2Cl)cc1=O. The molecule has 4 nitrogen and oxygen atoms in total. The van der Waals surface area contributed by atoms with Crippen LogP contribution >= 0.6 is 11.6 Å². The van der Waals surface area contributed by atoms with Crippen molar-refractivity contribution in [2.45, 2.75) is 24.9 Å². The molecule has 7 heteroatoms. The highest BCUT2D eigenvalue weighted by Crippen LogP contribution is 2.21. The van der Waals surface area contributed by atoms with Crippen LogP contribution in [0.2, 0.25) is 5.02 Å². The second kappa shape index (κ2) is 8.26. The summed E-state index contributed by atoms with van der Waals surface area (Å²) < 4.78 is 31.2. The van der Waals surface area contributed by atoms with Crippen molar-refractivity contribution >= 4 is 22.4 Å². The van der Waals surface area contributed by atoms with Gasteiger partial charge in [0.1, 0.15) is 5.82 Å². The Kier molecular flexibility index (Phi) is 6.36. The molecule has 1 aromatic heterocycles. The van der Waals surface area contributed by atoms with Crippen LogP contribution in [0.3, 0.4) is 0 Å². The zero-order valence-corrected chi connectivity index (χ0v) is 14.2. The average molecular weight is 358 g/mol. The van der Waals surface area contributed by atoms with Crippen LogP contribution in [0.5, 0.6) is 5.75 Å². The molecule has 2 rings (SSSR count). The predicted molar refractivity (Wildman–Crippen MR) is 89.8 cm³/mol. The van der Waals surface area contributed by atoms with Crippen molar-refractivity contribution in [2.24, 2.45) is 0 Å². The Morgan fingerprint density at radius 1 is 1.35 bits per heavy atom. The van der Waals surface area contributed by atoms with Crippen LogP contribution in [0.4, 0.5) is 4.39 Å². The van der Waals surface area contributed by atoms with E-state index in [1.54, 1.807) is 6.07 Å². The number of ether oxygens (including phenoxy) is 1. The number of benzene rings is 1. The maximum absolute atomic E-state index is 13.7. The Balaban J connectivity index is 2.06. The van der Waals surface area contributed by atoms with E-state index in [-0.39, 0.29) is 33.3 Å². The predicted octanol–water partition coefficient (Wildman–Crippen LogP) is 3.41. The number of aromatic amines is 1. The first-order valence-electron chi connectivity index (χ1n) is 7.13. The summed E-state index contributed by atoms with van der Waals surface area (Å²) in [5.41, 5.74) is 0.454. The zero-order chi connectivity index (χ0) is 16.8. The normalized spacial score (nSPS) is 12.1. The van der Waals surface area contributed by atoms with E-state index in [4.69, 9.17) is 16.3 Å². The minimum atomic E-state index is -1.40. The van der Waals surface area contributed by atoms with E-state index in [0.29, 0.717) is 12.3 Å². The summed E-state index contributed by atoms with van der Waals surface area (Å²) in [6.45, 7) is 2.40. The highest BCUT2D eigenvalue weighted by atomic mass is 35.5. The summed E-state index contributed by atoms with van der Waals surface area (Å²) in [6, 6.07) is 5.68. The van der Waals surface area contributed by atoms with Gasteiger partial charge in [-0.25, -0.2) is 4.39 Å². The standard InChI is InChI=1S/C16H17ClFNO3S/c1-2-6-22-16-8-19-11(7-15(16)20)9-23(21)10-12-13(17)4-3-5-14(12)18/h3-5,7-8H,2,6,9-10H2,1H3,(H,19,20). The van der Waals surface area contributed by atoms with Crippen molar-refractivity contribution in [3.63, 3.8) is 0 Å². The van der Waals surface area contributed by atoms with Crippen LogP contribution < -0.4 is 10.2 Å². The minimum absolute atomic E-state index is 0.0123. The summed E-state index contributed by atoms with van der Waals surface area (Å²) >= 11 is 5.92. The lowest BCUT2D eigenvalue weighted by molar-refractivity contribution is 0.313. The van der Waals surface area contributed by atoms with E-state index in [1.165, 1.54) is 24.4 Å². The third-order valence-corrected chi connectivity index (χ3v) is 4.68. The van der Waals surface area contributed by atoms with Crippen LogP contribution in [0.25, 0.3) is 0 Å². The number of halogens is 2. The lowest BCUT2D eigenvalue weighted by Crippen LogP contribution is -2.11. The maximum atomic E-state index is 13.7. The molecule has 1 aromatic carbocycles. The van der Waals surface area contributed by atoms with Gasteiger partial charge in [-0.3, -0.25) is 9.00 Å². The first-order valence-corrected chi connectivity index (χ1v) is 9.00. The first-order chi connectivity index (χ1) is 11.0. The highest BCUT2D eigenvalue weighted by molar-refractivity contribution is 7.83. The summed E-state index contributed by atoms with van der Waals surface area (Å²) in [5.74, 6) is -0.156. The Bertz CT molecular complexity index is 743. The fourth-order valence-corrected chi connectivity index (χ4v) is 3.50. The quantitative estimate of drug-likeness (QED) is 0.826. The molecule has 1 atom stereocenters. The third kappa shape index (κ3) is 4.91. The van der Waals surface area contributed by atoms with Gasteiger partial charge in [0.05, 0.1) is 18.1 Å². The van der Waals surface area contributed by atoms with Gasteiger partial charge in [0.15, 0.2) is 5.75 Å². The molecule has 0 spiro atoms. The number of pyridine rings is 1. The molecule has 0 bridgehead atoms. The molecule has 0 saturated carbocycles. The van der Waals surface area contributed by atoms with E-state index >= 15 is 0 Å². The van der Waals surface area contributed by atoms with Crippen molar-refractivity contribution < 1.29 is 13.3 Å².